The minimum atomic E-state index is -0.503. The SMILES string of the molecule is CC(=O)NC1(c2ccccc2O)CCC(c2ccnc3ccccc23)CC1. The molecule has 0 radical (unpaired) electrons. The van der Waals surface area contributed by atoms with E-state index in [9.17, 15) is 9.90 Å². The zero-order chi connectivity index (χ0) is 18.9. The maximum Gasteiger partial charge on any atom is 0.217 e. The number of para-hydroxylation sites is 2. The van der Waals surface area contributed by atoms with E-state index in [0.717, 1.165) is 36.8 Å². The van der Waals surface area contributed by atoms with Crippen LogP contribution < -0.4 is 5.32 Å². The van der Waals surface area contributed by atoms with Crippen molar-refractivity contribution in [2.75, 3.05) is 0 Å². The lowest BCUT2D eigenvalue weighted by Crippen LogP contribution is -2.47. The van der Waals surface area contributed by atoms with Gasteiger partial charge in [0.05, 0.1) is 11.1 Å². The first-order chi connectivity index (χ1) is 13.1. The number of aromatic hydroxyl groups is 1. The highest BCUT2D eigenvalue weighted by molar-refractivity contribution is 5.82. The number of fused-ring (bicyclic) bond motifs is 1. The highest BCUT2D eigenvalue weighted by Crippen LogP contribution is 2.46. The van der Waals surface area contributed by atoms with Crippen LogP contribution in [0.3, 0.4) is 0 Å². The molecule has 3 aromatic rings. The lowest BCUT2D eigenvalue weighted by Gasteiger charge is -2.41. The molecule has 138 valence electrons. The molecule has 1 amide bonds. The van der Waals surface area contributed by atoms with E-state index in [2.05, 4.69) is 28.5 Å². The van der Waals surface area contributed by atoms with Gasteiger partial charge in [0, 0.05) is 24.1 Å². The van der Waals surface area contributed by atoms with Gasteiger partial charge in [0.2, 0.25) is 5.91 Å². The van der Waals surface area contributed by atoms with Crippen LogP contribution in [0.2, 0.25) is 0 Å². The standard InChI is InChI=1S/C23H24N2O2/c1-16(26)25-23(20-7-3-5-9-22(20)27)13-10-17(11-14-23)18-12-15-24-21-8-4-2-6-19(18)21/h2-9,12,15,17,27H,10-11,13-14H2,1H3,(H,25,26). The number of pyridine rings is 1. The Morgan fingerprint density at radius 2 is 1.78 bits per heavy atom. The third kappa shape index (κ3) is 3.27. The summed E-state index contributed by atoms with van der Waals surface area (Å²) in [5.41, 5.74) is 2.67. The second-order valence-electron chi connectivity index (χ2n) is 7.47. The molecule has 4 nitrogen and oxygen atoms in total. The van der Waals surface area contributed by atoms with Crippen LogP contribution in [0.4, 0.5) is 0 Å². The van der Waals surface area contributed by atoms with Crippen molar-refractivity contribution < 1.29 is 9.90 Å². The van der Waals surface area contributed by atoms with Gasteiger partial charge in [-0.1, -0.05) is 36.4 Å². The first-order valence-corrected chi connectivity index (χ1v) is 9.50. The molecular weight excluding hydrogens is 336 g/mol. The normalized spacial score (nSPS) is 22.5. The molecule has 0 unspecified atom stereocenters. The van der Waals surface area contributed by atoms with E-state index in [1.165, 1.54) is 10.9 Å². The molecule has 1 saturated carbocycles. The number of aromatic nitrogens is 1. The Labute approximate surface area is 159 Å². The molecule has 0 spiro atoms. The predicted octanol–water partition coefficient (Wildman–Crippen LogP) is 4.63. The Balaban J connectivity index is 1.66. The Morgan fingerprint density at radius 1 is 1.07 bits per heavy atom. The number of phenolic OH excluding ortho intramolecular Hbond substituents is 1. The highest BCUT2D eigenvalue weighted by Gasteiger charge is 2.39. The van der Waals surface area contributed by atoms with E-state index < -0.39 is 5.54 Å². The summed E-state index contributed by atoms with van der Waals surface area (Å²) in [7, 11) is 0. The van der Waals surface area contributed by atoms with E-state index in [1.54, 1.807) is 13.0 Å². The molecule has 1 heterocycles. The van der Waals surface area contributed by atoms with E-state index in [0.29, 0.717) is 5.92 Å². The number of rotatable bonds is 3. The monoisotopic (exact) mass is 360 g/mol. The maximum absolute atomic E-state index is 11.9. The van der Waals surface area contributed by atoms with Crippen molar-refractivity contribution >= 4 is 16.8 Å². The van der Waals surface area contributed by atoms with Gasteiger partial charge in [0.25, 0.3) is 0 Å². The molecule has 0 bridgehead atoms. The zero-order valence-electron chi connectivity index (χ0n) is 15.5. The molecule has 2 aromatic carbocycles. The summed E-state index contributed by atoms with van der Waals surface area (Å²) in [6, 6.07) is 17.7. The number of nitrogens with one attached hydrogen (secondary N) is 1. The quantitative estimate of drug-likeness (QED) is 0.716. The molecule has 4 heteroatoms. The smallest absolute Gasteiger partial charge is 0.217 e. The average Bonchev–Trinajstić information content (AvgIpc) is 2.68. The number of benzene rings is 2. The molecule has 0 atom stereocenters. The number of hydrogen-bond donors (Lipinski definition) is 2. The summed E-state index contributed by atoms with van der Waals surface area (Å²) >= 11 is 0. The van der Waals surface area contributed by atoms with Gasteiger partial charge < -0.3 is 10.4 Å². The average molecular weight is 360 g/mol. The minimum absolute atomic E-state index is 0.0638. The van der Waals surface area contributed by atoms with E-state index in [-0.39, 0.29) is 11.7 Å². The van der Waals surface area contributed by atoms with Gasteiger partial charge in [-0.25, -0.2) is 0 Å². The fourth-order valence-corrected chi connectivity index (χ4v) is 4.57. The van der Waals surface area contributed by atoms with E-state index >= 15 is 0 Å². The number of carbonyl (C=O) groups excluding carboxylic acids is 1. The van der Waals surface area contributed by atoms with Crippen LogP contribution in [0.1, 0.15) is 49.7 Å². The first-order valence-electron chi connectivity index (χ1n) is 9.50. The first kappa shape index (κ1) is 17.5. The van der Waals surface area contributed by atoms with Gasteiger partial charge in [-0.15, -0.1) is 0 Å². The Morgan fingerprint density at radius 3 is 2.52 bits per heavy atom. The van der Waals surface area contributed by atoms with Gasteiger partial charge in [0.1, 0.15) is 5.75 Å². The van der Waals surface area contributed by atoms with Crippen molar-refractivity contribution in [3.63, 3.8) is 0 Å². The largest absolute Gasteiger partial charge is 0.508 e. The molecule has 2 N–H and O–H groups in total. The summed E-state index contributed by atoms with van der Waals surface area (Å²) in [5.74, 6) is 0.607. The van der Waals surface area contributed by atoms with Gasteiger partial charge in [-0.2, -0.15) is 0 Å². The number of amides is 1. The van der Waals surface area contributed by atoms with Crippen LogP contribution in [0.25, 0.3) is 10.9 Å². The van der Waals surface area contributed by atoms with Crippen molar-refractivity contribution in [2.24, 2.45) is 0 Å². The van der Waals surface area contributed by atoms with Crippen molar-refractivity contribution in [3.05, 3.63) is 71.9 Å². The maximum atomic E-state index is 11.9. The zero-order valence-corrected chi connectivity index (χ0v) is 15.5. The Bertz CT molecular complexity index is 970. The molecule has 1 aliphatic carbocycles. The van der Waals surface area contributed by atoms with Crippen LogP contribution in [-0.4, -0.2) is 16.0 Å². The van der Waals surface area contributed by atoms with Gasteiger partial charge in [0.15, 0.2) is 0 Å². The summed E-state index contributed by atoms with van der Waals surface area (Å²) in [4.78, 5) is 16.4. The summed E-state index contributed by atoms with van der Waals surface area (Å²) in [5, 5.41) is 14.8. The molecule has 1 fully saturated rings. The number of phenols is 1. The number of nitrogens with zero attached hydrogens (tertiary/aromatic N) is 1. The molecule has 1 aliphatic rings. The molecule has 27 heavy (non-hydrogen) atoms. The molecule has 1 aromatic heterocycles. The van der Waals surface area contributed by atoms with Crippen molar-refractivity contribution in [3.8, 4) is 5.75 Å². The van der Waals surface area contributed by atoms with Crippen molar-refractivity contribution in [1.29, 1.82) is 0 Å². The number of carbonyl (C=O) groups is 1. The van der Waals surface area contributed by atoms with Crippen LogP contribution in [0.15, 0.2) is 60.8 Å². The summed E-state index contributed by atoms with van der Waals surface area (Å²) in [6.45, 7) is 1.55. The Kier molecular flexibility index (Phi) is 4.56. The van der Waals surface area contributed by atoms with Gasteiger partial charge >= 0.3 is 0 Å². The highest BCUT2D eigenvalue weighted by atomic mass is 16.3. The molecule has 0 saturated heterocycles. The van der Waals surface area contributed by atoms with Crippen LogP contribution in [0.5, 0.6) is 5.75 Å². The van der Waals surface area contributed by atoms with Crippen LogP contribution in [0, 0.1) is 0 Å². The van der Waals surface area contributed by atoms with Crippen molar-refractivity contribution in [1.82, 2.24) is 10.3 Å². The van der Waals surface area contributed by atoms with Crippen molar-refractivity contribution in [2.45, 2.75) is 44.1 Å². The number of hydrogen-bond acceptors (Lipinski definition) is 3. The molecule has 4 rings (SSSR count). The fraction of sp³-hybridized carbons (Fsp3) is 0.304. The van der Waals surface area contributed by atoms with Crippen LogP contribution >= 0.6 is 0 Å². The second-order valence-corrected chi connectivity index (χ2v) is 7.47. The van der Waals surface area contributed by atoms with Gasteiger partial charge in [-0.05, 0) is 55.4 Å². The topological polar surface area (TPSA) is 62.2 Å². The molecule has 0 aliphatic heterocycles. The third-order valence-corrected chi connectivity index (χ3v) is 5.80. The lowest BCUT2D eigenvalue weighted by atomic mass is 9.70. The fourth-order valence-electron chi connectivity index (χ4n) is 4.57. The van der Waals surface area contributed by atoms with E-state index in [4.69, 9.17) is 0 Å². The van der Waals surface area contributed by atoms with E-state index in [1.807, 2.05) is 36.5 Å². The molecular formula is C23H24N2O2. The third-order valence-electron chi connectivity index (χ3n) is 5.80. The predicted molar refractivity (Wildman–Crippen MR) is 107 cm³/mol. The minimum Gasteiger partial charge on any atom is -0.508 e. The summed E-state index contributed by atoms with van der Waals surface area (Å²) < 4.78 is 0. The second kappa shape index (κ2) is 7.03. The Hall–Kier alpha value is -2.88. The summed E-state index contributed by atoms with van der Waals surface area (Å²) in [6.07, 6.45) is 5.37. The lowest BCUT2D eigenvalue weighted by molar-refractivity contribution is -0.121. The van der Waals surface area contributed by atoms with Gasteiger partial charge in [-0.3, -0.25) is 9.78 Å². The van der Waals surface area contributed by atoms with Crippen LogP contribution in [-0.2, 0) is 10.3 Å².